The number of hydrogen-bond acceptors (Lipinski definition) is 2. The van der Waals surface area contributed by atoms with Gasteiger partial charge in [0.1, 0.15) is 5.82 Å². The van der Waals surface area contributed by atoms with E-state index in [1.54, 1.807) is 24.5 Å². The zero-order chi connectivity index (χ0) is 13.7. The van der Waals surface area contributed by atoms with E-state index in [9.17, 15) is 9.18 Å². The molecule has 0 unspecified atom stereocenters. The molecule has 0 atom stereocenters. The van der Waals surface area contributed by atoms with Gasteiger partial charge in [0, 0.05) is 18.5 Å². The number of halogens is 2. The largest absolute Gasteiger partial charge is 0.321 e. The van der Waals surface area contributed by atoms with Crippen molar-refractivity contribution in [2.45, 2.75) is 0 Å². The summed E-state index contributed by atoms with van der Waals surface area (Å²) in [4.78, 5) is 15.6. The van der Waals surface area contributed by atoms with Gasteiger partial charge >= 0.3 is 0 Å². The van der Waals surface area contributed by atoms with Crippen LogP contribution in [-0.2, 0) is 4.79 Å². The predicted molar refractivity (Wildman–Crippen MR) is 73.3 cm³/mol. The average Bonchev–Trinajstić information content (AvgIpc) is 2.41. The average molecular weight is 277 g/mol. The van der Waals surface area contributed by atoms with Crippen LogP contribution in [0.25, 0.3) is 6.08 Å². The smallest absolute Gasteiger partial charge is 0.248 e. The van der Waals surface area contributed by atoms with E-state index in [-0.39, 0.29) is 10.9 Å². The maximum Gasteiger partial charge on any atom is 0.248 e. The van der Waals surface area contributed by atoms with Crippen molar-refractivity contribution in [2.24, 2.45) is 0 Å². The minimum atomic E-state index is -0.450. The van der Waals surface area contributed by atoms with Gasteiger partial charge in [-0.15, -0.1) is 0 Å². The summed E-state index contributed by atoms with van der Waals surface area (Å²) in [7, 11) is 0. The van der Waals surface area contributed by atoms with E-state index in [1.807, 2.05) is 6.07 Å². The number of rotatable bonds is 3. The first-order valence-electron chi connectivity index (χ1n) is 5.49. The Morgan fingerprint density at radius 3 is 2.89 bits per heavy atom. The molecule has 19 heavy (non-hydrogen) atoms. The van der Waals surface area contributed by atoms with Crippen LogP contribution >= 0.6 is 11.6 Å². The molecule has 1 N–H and O–H groups in total. The number of nitrogens with zero attached hydrogens (tertiary/aromatic N) is 1. The van der Waals surface area contributed by atoms with Gasteiger partial charge in [0.25, 0.3) is 0 Å². The van der Waals surface area contributed by atoms with Crippen LogP contribution in [0.15, 0.2) is 48.8 Å². The van der Waals surface area contributed by atoms with Crippen LogP contribution in [0.3, 0.4) is 0 Å². The van der Waals surface area contributed by atoms with Gasteiger partial charge in [-0.3, -0.25) is 9.78 Å². The Labute approximate surface area is 114 Å². The van der Waals surface area contributed by atoms with Crippen molar-refractivity contribution in [3.05, 3.63) is 65.2 Å². The summed E-state index contributed by atoms with van der Waals surface area (Å²) in [6.07, 6.45) is 6.26. The van der Waals surface area contributed by atoms with Gasteiger partial charge in [-0.2, -0.15) is 0 Å². The van der Waals surface area contributed by atoms with E-state index in [1.165, 1.54) is 18.2 Å². The molecule has 1 amide bonds. The van der Waals surface area contributed by atoms with Crippen molar-refractivity contribution in [1.29, 1.82) is 0 Å². The highest BCUT2D eigenvalue weighted by Gasteiger charge is 2.04. The van der Waals surface area contributed by atoms with Crippen molar-refractivity contribution < 1.29 is 9.18 Å². The molecular weight excluding hydrogens is 267 g/mol. The molecule has 5 heteroatoms. The summed E-state index contributed by atoms with van der Waals surface area (Å²) in [6, 6.07) is 7.37. The van der Waals surface area contributed by atoms with Crippen LogP contribution in [0.2, 0.25) is 5.02 Å². The molecule has 0 fully saturated rings. The van der Waals surface area contributed by atoms with E-state index in [0.717, 1.165) is 11.6 Å². The number of hydrogen-bond donors (Lipinski definition) is 1. The van der Waals surface area contributed by atoms with Crippen molar-refractivity contribution >= 4 is 29.3 Å². The van der Waals surface area contributed by atoms with E-state index >= 15 is 0 Å². The summed E-state index contributed by atoms with van der Waals surface area (Å²) in [6.45, 7) is 0. The fourth-order valence-corrected chi connectivity index (χ4v) is 1.63. The van der Waals surface area contributed by atoms with Crippen molar-refractivity contribution in [3.63, 3.8) is 0 Å². The highest BCUT2D eigenvalue weighted by molar-refractivity contribution is 6.33. The lowest BCUT2D eigenvalue weighted by Gasteiger charge is -2.04. The maximum atomic E-state index is 12.8. The standard InChI is InChI=1S/C14H10ClFN2O/c15-12-8-11(16)4-5-13(12)18-14(19)6-3-10-2-1-7-17-9-10/h1-9H,(H,18,19)/b6-3+. The molecule has 2 aromatic rings. The lowest BCUT2D eigenvalue weighted by Crippen LogP contribution is -2.08. The molecular formula is C14H10ClFN2O. The van der Waals surface area contributed by atoms with Crippen LogP contribution in [0.5, 0.6) is 0 Å². The van der Waals surface area contributed by atoms with Gasteiger partial charge in [0.05, 0.1) is 10.7 Å². The Hall–Kier alpha value is -2.20. The molecule has 1 heterocycles. The van der Waals surface area contributed by atoms with Crippen LogP contribution in [0, 0.1) is 5.82 Å². The first kappa shape index (κ1) is 13.2. The van der Waals surface area contributed by atoms with Gasteiger partial charge in [-0.25, -0.2) is 4.39 Å². The molecule has 0 saturated carbocycles. The number of amides is 1. The Bertz CT molecular complexity index is 614. The normalized spacial score (nSPS) is 10.6. The van der Waals surface area contributed by atoms with Crippen molar-refractivity contribution in [3.8, 4) is 0 Å². The molecule has 1 aromatic heterocycles. The van der Waals surface area contributed by atoms with E-state index in [2.05, 4.69) is 10.3 Å². The first-order valence-corrected chi connectivity index (χ1v) is 5.87. The number of anilines is 1. The first-order chi connectivity index (χ1) is 9.15. The van der Waals surface area contributed by atoms with Crippen LogP contribution in [0.1, 0.15) is 5.56 Å². The van der Waals surface area contributed by atoms with E-state index < -0.39 is 5.82 Å². The highest BCUT2D eigenvalue weighted by Crippen LogP contribution is 2.22. The third-order valence-corrected chi connectivity index (χ3v) is 2.61. The molecule has 2 rings (SSSR count). The van der Waals surface area contributed by atoms with Gasteiger partial charge < -0.3 is 5.32 Å². The Kier molecular flexibility index (Phi) is 4.26. The van der Waals surface area contributed by atoms with E-state index in [0.29, 0.717) is 5.69 Å². The lowest BCUT2D eigenvalue weighted by atomic mass is 10.2. The minimum Gasteiger partial charge on any atom is -0.321 e. The van der Waals surface area contributed by atoms with Gasteiger partial charge in [-0.05, 0) is 35.9 Å². The number of pyridine rings is 1. The second kappa shape index (κ2) is 6.11. The van der Waals surface area contributed by atoms with Crippen LogP contribution < -0.4 is 5.32 Å². The fraction of sp³-hybridized carbons (Fsp3) is 0. The van der Waals surface area contributed by atoms with Gasteiger partial charge in [0.2, 0.25) is 5.91 Å². The Balaban J connectivity index is 2.04. The molecule has 3 nitrogen and oxygen atoms in total. The summed E-state index contributed by atoms with van der Waals surface area (Å²) in [5, 5.41) is 2.72. The topological polar surface area (TPSA) is 42.0 Å². The van der Waals surface area contributed by atoms with Crippen molar-refractivity contribution in [1.82, 2.24) is 4.98 Å². The quantitative estimate of drug-likeness (QED) is 0.872. The SMILES string of the molecule is O=C(/C=C/c1cccnc1)Nc1ccc(F)cc1Cl. The maximum absolute atomic E-state index is 12.8. The summed E-state index contributed by atoms with van der Waals surface area (Å²) in [5.74, 6) is -0.800. The molecule has 0 bridgehead atoms. The highest BCUT2D eigenvalue weighted by atomic mass is 35.5. The van der Waals surface area contributed by atoms with E-state index in [4.69, 9.17) is 11.6 Å². The molecule has 0 radical (unpaired) electrons. The Morgan fingerprint density at radius 1 is 1.37 bits per heavy atom. The molecule has 96 valence electrons. The van der Waals surface area contributed by atoms with Gasteiger partial charge in [-0.1, -0.05) is 17.7 Å². The second-order valence-electron chi connectivity index (χ2n) is 3.73. The summed E-state index contributed by atoms with van der Waals surface area (Å²) >= 11 is 5.80. The summed E-state index contributed by atoms with van der Waals surface area (Å²) < 4.78 is 12.8. The number of nitrogens with one attached hydrogen (secondary N) is 1. The number of carbonyl (C=O) groups excluding carboxylic acids is 1. The third kappa shape index (κ3) is 3.89. The number of aromatic nitrogens is 1. The number of carbonyl (C=O) groups is 1. The lowest BCUT2D eigenvalue weighted by molar-refractivity contribution is -0.111. The van der Waals surface area contributed by atoms with Crippen LogP contribution in [0.4, 0.5) is 10.1 Å². The van der Waals surface area contributed by atoms with Gasteiger partial charge in [0.15, 0.2) is 0 Å². The minimum absolute atomic E-state index is 0.156. The molecule has 0 aliphatic carbocycles. The molecule has 0 saturated heterocycles. The van der Waals surface area contributed by atoms with Crippen LogP contribution in [-0.4, -0.2) is 10.9 Å². The summed E-state index contributed by atoms with van der Waals surface area (Å²) in [5.41, 5.74) is 1.17. The number of benzene rings is 1. The van der Waals surface area contributed by atoms with Crippen molar-refractivity contribution in [2.75, 3.05) is 5.32 Å². The molecule has 1 aromatic carbocycles. The zero-order valence-electron chi connectivity index (χ0n) is 9.81. The second-order valence-corrected chi connectivity index (χ2v) is 4.14. The molecule has 0 spiro atoms. The fourth-order valence-electron chi connectivity index (χ4n) is 1.41. The molecule has 0 aliphatic heterocycles. The monoisotopic (exact) mass is 276 g/mol. The Morgan fingerprint density at radius 2 is 2.21 bits per heavy atom. The third-order valence-electron chi connectivity index (χ3n) is 2.30. The predicted octanol–water partition coefficient (Wildman–Crippen LogP) is 3.53. The molecule has 0 aliphatic rings. The zero-order valence-corrected chi connectivity index (χ0v) is 10.6.